The molecule has 8 heteroatoms. The molecule has 5 nitrogen and oxygen atoms in total. The molecule has 0 spiro atoms. The lowest BCUT2D eigenvalue weighted by molar-refractivity contribution is 0.135. The summed E-state index contributed by atoms with van der Waals surface area (Å²) < 4.78 is 32.0. The van der Waals surface area contributed by atoms with Gasteiger partial charge in [0.15, 0.2) is 0 Å². The standard InChI is InChI=1S/C11H18BrNO4S2/c1-3-13(5-6-17-4-2)19(15,16)10-7-9(8-14)18-11(10)12/h7,14H,3-6,8H2,1-2H3. The van der Waals surface area contributed by atoms with Crippen LogP contribution in [0.15, 0.2) is 14.7 Å². The smallest absolute Gasteiger partial charge is 0.245 e. The van der Waals surface area contributed by atoms with E-state index < -0.39 is 10.0 Å². The number of thiophene rings is 1. The maximum absolute atomic E-state index is 12.5. The largest absolute Gasteiger partial charge is 0.391 e. The number of nitrogens with zero attached hydrogens (tertiary/aromatic N) is 1. The number of ether oxygens (including phenoxy) is 1. The van der Waals surface area contributed by atoms with E-state index >= 15 is 0 Å². The molecule has 1 aromatic heterocycles. The molecule has 110 valence electrons. The highest BCUT2D eigenvalue weighted by atomic mass is 79.9. The van der Waals surface area contributed by atoms with E-state index in [0.29, 0.717) is 35.0 Å². The fourth-order valence-electron chi connectivity index (χ4n) is 1.55. The number of aliphatic hydroxyl groups is 1. The highest BCUT2D eigenvalue weighted by Crippen LogP contribution is 2.33. The summed E-state index contributed by atoms with van der Waals surface area (Å²) in [5.41, 5.74) is 0. The van der Waals surface area contributed by atoms with Crippen LogP contribution in [0.1, 0.15) is 18.7 Å². The van der Waals surface area contributed by atoms with Crippen molar-refractivity contribution in [3.63, 3.8) is 0 Å². The second-order valence-electron chi connectivity index (χ2n) is 3.70. The zero-order valence-electron chi connectivity index (χ0n) is 10.9. The lowest BCUT2D eigenvalue weighted by Crippen LogP contribution is -2.33. The number of hydrogen-bond donors (Lipinski definition) is 1. The van der Waals surface area contributed by atoms with Crippen molar-refractivity contribution < 1.29 is 18.3 Å². The average molecular weight is 372 g/mol. The summed E-state index contributed by atoms with van der Waals surface area (Å²) >= 11 is 4.47. The molecule has 1 heterocycles. The zero-order valence-corrected chi connectivity index (χ0v) is 14.1. The van der Waals surface area contributed by atoms with Crippen molar-refractivity contribution in [2.75, 3.05) is 26.3 Å². The predicted octanol–water partition coefficient (Wildman–Crippen LogP) is 2.05. The lowest BCUT2D eigenvalue weighted by atomic mass is 10.5. The number of halogens is 1. The molecule has 0 amide bonds. The van der Waals surface area contributed by atoms with Crippen molar-refractivity contribution in [2.24, 2.45) is 0 Å². The summed E-state index contributed by atoms with van der Waals surface area (Å²) in [6.45, 7) is 5.14. The van der Waals surface area contributed by atoms with Crippen molar-refractivity contribution in [1.82, 2.24) is 4.31 Å². The van der Waals surface area contributed by atoms with Crippen LogP contribution in [0, 0.1) is 0 Å². The van der Waals surface area contributed by atoms with Gasteiger partial charge in [0, 0.05) is 24.6 Å². The van der Waals surface area contributed by atoms with E-state index in [0.717, 1.165) is 0 Å². The average Bonchev–Trinajstić information content (AvgIpc) is 2.76. The molecular formula is C11H18BrNO4S2. The van der Waals surface area contributed by atoms with Gasteiger partial charge in [-0.25, -0.2) is 8.42 Å². The van der Waals surface area contributed by atoms with E-state index in [1.807, 2.05) is 6.92 Å². The summed E-state index contributed by atoms with van der Waals surface area (Å²) in [6.07, 6.45) is 0. The quantitative estimate of drug-likeness (QED) is 0.710. The van der Waals surface area contributed by atoms with E-state index in [4.69, 9.17) is 9.84 Å². The van der Waals surface area contributed by atoms with Gasteiger partial charge in [0.2, 0.25) is 10.0 Å². The Morgan fingerprint density at radius 1 is 1.47 bits per heavy atom. The van der Waals surface area contributed by atoms with E-state index in [1.165, 1.54) is 21.7 Å². The molecule has 0 saturated carbocycles. The van der Waals surface area contributed by atoms with Crippen LogP contribution in [0.5, 0.6) is 0 Å². The Morgan fingerprint density at radius 2 is 2.16 bits per heavy atom. The molecule has 0 aromatic carbocycles. The molecule has 0 bridgehead atoms. The fourth-order valence-corrected chi connectivity index (χ4v) is 5.48. The Bertz CT molecular complexity index is 501. The molecule has 1 rings (SSSR count). The highest BCUT2D eigenvalue weighted by Gasteiger charge is 2.27. The predicted molar refractivity (Wildman–Crippen MR) is 78.9 cm³/mol. The zero-order chi connectivity index (χ0) is 14.5. The monoisotopic (exact) mass is 371 g/mol. The maximum atomic E-state index is 12.5. The van der Waals surface area contributed by atoms with Crippen LogP contribution in [-0.4, -0.2) is 44.1 Å². The van der Waals surface area contributed by atoms with Crippen LogP contribution in [0.25, 0.3) is 0 Å². The summed E-state index contributed by atoms with van der Waals surface area (Å²) in [5.74, 6) is 0. The second kappa shape index (κ2) is 7.70. The number of hydrogen-bond acceptors (Lipinski definition) is 5. The van der Waals surface area contributed by atoms with Crippen molar-refractivity contribution in [3.05, 3.63) is 14.7 Å². The first kappa shape index (κ1) is 17.1. The number of rotatable bonds is 8. The molecule has 0 fully saturated rings. The third-order valence-electron chi connectivity index (χ3n) is 2.52. The van der Waals surface area contributed by atoms with E-state index in [-0.39, 0.29) is 11.5 Å². The first-order chi connectivity index (χ1) is 8.97. The lowest BCUT2D eigenvalue weighted by Gasteiger charge is -2.19. The summed E-state index contributed by atoms with van der Waals surface area (Å²) in [5, 5.41) is 9.07. The minimum atomic E-state index is -3.55. The van der Waals surface area contributed by atoms with Gasteiger partial charge in [0.25, 0.3) is 0 Å². The number of sulfonamides is 1. The number of likely N-dealkylation sites (N-methyl/N-ethyl adjacent to an activating group) is 1. The van der Waals surface area contributed by atoms with Gasteiger partial charge in [-0.3, -0.25) is 0 Å². The molecule has 0 saturated heterocycles. The van der Waals surface area contributed by atoms with Gasteiger partial charge in [0.1, 0.15) is 4.90 Å². The maximum Gasteiger partial charge on any atom is 0.245 e. The third-order valence-corrected chi connectivity index (χ3v) is 6.73. The van der Waals surface area contributed by atoms with Gasteiger partial charge in [-0.2, -0.15) is 4.31 Å². The molecule has 19 heavy (non-hydrogen) atoms. The van der Waals surface area contributed by atoms with Crippen LogP contribution in [0.2, 0.25) is 0 Å². The molecule has 0 unspecified atom stereocenters. The van der Waals surface area contributed by atoms with Gasteiger partial charge in [-0.1, -0.05) is 6.92 Å². The Balaban J connectivity index is 2.96. The number of aliphatic hydroxyl groups excluding tert-OH is 1. The van der Waals surface area contributed by atoms with Crippen molar-refractivity contribution >= 4 is 37.3 Å². The van der Waals surface area contributed by atoms with Crippen molar-refractivity contribution in [3.8, 4) is 0 Å². The normalized spacial score (nSPS) is 12.3. The van der Waals surface area contributed by atoms with E-state index in [9.17, 15) is 8.42 Å². The van der Waals surface area contributed by atoms with Gasteiger partial charge in [0.05, 0.1) is 17.0 Å². The van der Waals surface area contributed by atoms with Crippen molar-refractivity contribution in [2.45, 2.75) is 25.3 Å². The van der Waals surface area contributed by atoms with Crippen LogP contribution in [0.4, 0.5) is 0 Å². The Hall–Kier alpha value is 0.01000. The van der Waals surface area contributed by atoms with Gasteiger partial charge >= 0.3 is 0 Å². The Morgan fingerprint density at radius 3 is 2.63 bits per heavy atom. The first-order valence-corrected chi connectivity index (χ1v) is 8.99. The van der Waals surface area contributed by atoms with Crippen molar-refractivity contribution in [1.29, 1.82) is 0 Å². The Kier molecular flexibility index (Phi) is 6.92. The highest BCUT2D eigenvalue weighted by molar-refractivity contribution is 9.11. The molecule has 0 aliphatic carbocycles. The molecule has 1 N–H and O–H groups in total. The molecule has 0 aliphatic rings. The summed E-state index contributed by atoms with van der Waals surface area (Å²) in [4.78, 5) is 0.825. The van der Waals surface area contributed by atoms with Crippen LogP contribution in [0.3, 0.4) is 0 Å². The molecule has 0 atom stereocenters. The van der Waals surface area contributed by atoms with Crippen LogP contribution in [-0.2, 0) is 21.4 Å². The molecule has 1 aromatic rings. The second-order valence-corrected chi connectivity index (χ2v) is 8.06. The first-order valence-electron chi connectivity index (χ1n) is 5.94. The van der Waals surface area contributed by atoms with Gasteiger partial charge in [-0.15, -0.1) is 11.3 Å². The van der Waals surface area contributed by atoms with E-state index in [1.54, 1.807) is 6.92 Å². The Labute approximate surface area is 126 Å². The molecular weight excluding hydrogens is 354 g/mol. The topological polar surface area (TPSA) is 66.8 Å². The summed E-state index contributed by atoms with van der Waals surface area (Å²) in [7, 11) is -3.55. The molecule has 0 radical (unpaired) electrons. The molecule has 0 aliphatic heterocycles. The minimum Gasteiger partial charge on any atom is -0.391 e. The van der Waals surface area contributed by atoms with Gasteiger partial charge in [-0.05, 0) is 28.9 Å². The summed E-state index contributed by atoms with van der Waals surface area (Å²) in [6, 6.07) is 1.51. The fraction of sp³-hybridized carbons (Fsp3) is 0.636. The minimum absolute atomic E-state index is 0.163. The van der Waals surface area contributed by atoms with E-state index in [2.05, 4.69) is 15.9 Å². The van der Waals surface area contributed by atoms with Crippen LogP contribution < -0.4 is 0 Å². The van der Waals surface area contributed by atoms with Crippen LogP contribution >= 0.6 is 27.3 Å². The SMILES string of the molecule is CCOCCN(CC)S(=O)(=O)c1cc(CO)sc1Br. The van der Waals surface area contributed by atoms with Gasteiger partial charge < -0.3 is 9.84 Å². The third kappa shape index (κ3) is 4.24.